The van der Waals surface area contributed by atoms with Gasteiger partial charge in [0.25, 0.3) is 0 Å². The van der Waals surface area contributed by atoms with E-state index in [1.807, 2.05) is 30.3 Å². The molecule has 0 saturated carbocycles. The lowest BCUT2D eigenvalue weighted by Gasteiger charge is -2.10. The zero-order valence-corrected chi connectivity index (χ0v) is 12.0. The van der Waals surface area contributed by atoms with Crippen molar-refractivity contribution in [2.24, 2.45) is 0 Å². The fourth-order valence-corrected chi connectivity index (χ4v) is 2.59. The van der Waals surface area contributed by atoms with Gasteiger partial charge in [-0.25, -0.2) is 4.39 Å². The zero-order valence-electron chi connectivity index (χ0n) is 10.5. The summed E-state index contributed by atoms with van der Waals surface area (Å²) in [7, 11) is 0. The minimum absolute atomic E-state index is 0.0143. The first-order valence-electron chi connectivity index (χ1n) is 6.30. The average Bonchev–Trinajstić information content (AvgIpc) is 2.42. The zero-order chi connectivity index (χ0) is 13.7. The molecule has 0 radical (unpaired) electrons. The van der Waals surface area contributed by atoms with Crippen molar-refractivity contribution in [3.63, 3.8) is 0 Å². The van der Waals surface area contributed by atoms with Crippen LogP contribution in [0.5, 0.6) is 0 Å². The third-order valence-electron chi connectivity index (χ3n) is 3.08. The predicted molar refractivity (Wildman–Crippen MR) is 79.4 cm³/mol. The topological polar surface area (TPSA) is 0 Å². The van der Waals surface area contributed by atoms with Crippen LogP contribution in [-0.2, 0) is 6.42 Å². The maximum Gasteiger partial charge on any atom is 0.124 e. The molecule has 0 bridgehead atoms. The van der Waals surface area contributed by atoms with E-state index in [2.05, 4.69) is 0 Å². The summed E-state index contributed by atoms with van der Waals surface area (Å²) in [5.41, 5.74) is 2.11. The molecule has 0 saturated heterocycles. The molecule has 1 unspecified atom stereocenters. The quantitative estimate of drug-likeness (QED) is 0.613. The van der Waals surface area contributed by atoms with E-state index >= 15 is 0 Å². The van der Waals surface area contributed by atoms with Crippen LogP contribution in [0.1, 0.15) is 29.3 Å². The van der Waals surface area contributed by atoms with Crippen molar-refractivity contribution >= 4 is 23.2 Å². The summed E-state index contributed by atoms with van der Waals surface area (Å²) in [5, 5.41) is 0.506. The Bertz CT molecular complexity index is 526. The maximum absolute atomic E-state index is 12.9. The molecule has 0 aliphatic heterocycles. The molecule has 0 aromatic heterocycles. The Morgan fingerprint density at radius 2 is 1.79 bits per heavy atom. The molecule has 0 aliphatic carbocycles. The van der Waals surface area contributed by atoms with E-state index in [0.717, 1.165) is 30.4 Å². The lowest BCUT2D eigenvalue weighted by atomic mass is 10.0. The van der Waals surface area contributed by atoms with Crippen LogP contribution in [0.25, 0.3) is 0 Å². The summed E-state index contributed by atoms with van der Waals surface area (Å²) in [5.74, 6) is -0.298. The highest BCUT2D eigenvalue weighted by Gasteiger charge is 2.08. The molecule has 1 atom stereocenters. The Morgan fingerprint density at radius 1 is 1.05 bits per heavy atom. The van der Waals surface area contributed by atoms with Gasteiger partial charge in [0.1, 0.15) is 5.82 Å². The largest absolute Gasteiger partial charge is 0.207 e. The van der Waals surface area contributed by atoms with E-state index in [1.54, 1.807) is 6.07 Å². The lowest BCUT2D eigenvalue weighted by molar-refractivity contribution is 0.626. The Kier molecular flexibility index (Phi) is 5.24. The third kappa shape index (κ3) is 4.22. The van der Waals surface area contributed by atoms with Gasteiger partial charge in [-0.3, -0.25) is 0 Å². The summed E-state index contributed by atoms with van der Waals surface area (Å²) in [4.78, 5) is 0. The van der Waals surface area contributed by atoms with E-state index in [4.69, 9.17) is 23.2 Å². The molecular weight excluding hydrogens is 282 g/mol. The van der Waals surface area contributed by atoms with Crippen LogP contribution in [0.3, 0.4) is 0 Å². The summed E-state index contributed by atoms with van der Waals surface area (Å²) in [6.45, 7) is 0. The minimum Gasteiger partial charge on any atom is -0.207 e. The van der Waals surface area contributed by atoms with Crippen molar-refractivity contribution in [1.82, 2.24) is 0 Å². The van der Waals surface area contributed by atoms with Crippen LogP contribution in [0.4, 0.5) is 4.39 Å². The van der Waals surface area contributed by atoms with Crippen molar-refractivity contribution in [3.05, 3.63) is 70.5 Å². The van der Waals surface area contributed by atoms with E-state index < -0.39 is 0 Å². The second-order valence-corrected chi connectivity index (χ2v) is 5.44. The third-order valence-corrected chi connectivity index (χ3v) is 3.90. The molecule has 19 heavy (non-hydrogen) atoms. The molecule has 100 valence electrons. The van der Waals surface area contributed by atoms with Crippen LogP contribution in [0.15, 0.2) is 48.5 Å². The Labute approximate surface area is 123 Å². The van der Waals surface area contributed by atoms with Crippen LogP contribution in [0, 0.1) is 5.82 Å². The van der Waals surface area contributed by atoms with Gasteiger partial charge in [0.15, 0.2) is 0 Å². The smallest absolute Gasteiger partial charge is 0.124 e. The number of alkyl halides is 1. The van der Waals surface area contributed by atoms with Gasteiger partial charge in [0.2, 0.25) is 0 Å². The van der Waals surface area contributed by atoms with Crippen molar-refractivity contribution < 1.29 is 4.39 Å². The summed E-state index contributed by atoms with van der Waals surface area (Å²) >= 11 is 12.3. The molecular formula is C16H15Cl2F. The number of rotatable bonds is 5. The minimum atomic E-state index is -0.298. The molecule has 2 rings (SSSR count). The first kappa shape index (κ1) is 14.4. The average molecular weight is 297 g/mol. The van der Waals surface area contributed by atoms with Crippen LogP contribution >= 0.6 is 23.2 Å². The van der Waals surface area contributed by atoms with Crippen molar-refractivity contribution in [2.45, 2.75) is 24.6 Å². The number of hydrogen-bond acceptors (Lipinski definition) is 0. The van der Waals surface area contributed by atoms with Gasteiger partial charge < -0.3 is 0 Å². The molecule has 0 spiro atoms. The molecule has 0 N–H and O–H groups in total. The van der Waals surface area contributed by atoms with Gasteiger partial charge in [0, 0.05) is 5.02 Å². The highest BCUT2D eigenvalue weighted by molar-refractivity contribution is 6.31. The van der Waals surface area contributed by atoms with Crippen LogP contribution in [0.2, 0.25) is 5.02 Å². The van der Waals surface area contributed by atoms with Crippen molar-refractivity contribution in [3.8, 4) is 0 Å². The molecule has 0 amide bonds. The number of aryl methyl sites for hydroxylation is 1. The predicted octanol–water partition coefficient (Wildman–Crippen LogP) is 5.78. The first-order valence-corrected chi connectivity index (χ1v) is 7.11. The van der Waals surface area contributed by atoms with Gasteiger partial charge in [-0.1, -0.05) is 48.0 Å². The molecule has 0 aliphatic rings. The van der Waals surface area contributed by atoms with Gasteiger partial charge in [-0.15, -0.1) is 11.6 Å². The fraction of sp³-hybridized carbons (Fsp3) is 0.250. The molecule has 3 heteroatoms. The Hall–Kier alpha value is -1.05. The molecule has 0 heterocycles. The van der Waals surface area contributed by atoms with Crippen LogP contribution in [-0.4, -0.2) is 0 Å². The van der Waals surface area contributed by atoms with E-state index in [-0.39, 0.29) is 11.2 Å². The maximum atomic E-state index is 12.9. The van der Waals surface area contributed by atoms with E-state index in [9.17, 15) is 4.39 Å². The summed E-state index contributed by atoms with van der Waals surface area (Å²) < 4.78 is 12.9. The normalized spacial score (nSPS) is 12.4. The van der Waals surface area contributed by atoms with Gasteiger partial charge >= 0.3 is 0 Å². The lowest BCUT2D eigenvalue weighted by Crippen LogP contribution is -1.93. The summed E-state index contributed by atoms with van der Waals surface area (Å²) in [6, 6.07) is 14.5. The number of halogens is 3. The van der Waals surface area contributed by atoms with Gasteiger partial charge in [0.05, 0.1) is 5.38 Å². The number of benzene rings is 2. The second kappa shape index (κ2) is 6.93. The highest BCUT2D eigenvalue weighted by atomic mass is 35.5. The van der Waals surface area contributed by atoms with Crippen molar-refractivity contribution in [2.75, 3.05) is 0 Å². The molecule has 2 aromatic carbocycles. The van der Waals surface area contributed by atoms with Crippen molar-refractivity contribution in [1.29, 1.82) is 0 Å². The second-order valence-electron chi connectivity index (χ2n) is 4.51. The Balaban J connectivity index is 1.86. The molecule has 0 fully saturated rings. The summed E-state index contributed by atoms with van der Waals surface area (Å²) in [6.07, 6.45) is 2.61. The van der Waals surface area contributed by atoms with E-state index in [1.165, 1.54) is 12.1 Å². The SMILES string of the molecule is Fc1ccc(CCCC(Cl)c2ccccc2)c(Cl)c1. The standard InChI is InChI=1S/C16H15Cl2F/c17-15(12-5-2-1-3-6-12)8-4-7-13-9-10-14(19)11-16(13)18/h1-3,5-6,9-11,15H,4,7-8H2. The first-order chi connectivity index (χ1) is 9.16. The van der Waals surface area contributed by atoms with Gasteiger partial charge in [-0.2, -0.15) is 0 Å². The fourth-order valence-electron chi connectivity index (χ4n) is 2.02. The van der Waals surface area contributed by atoms with Gasteiger partial charge in [-0.05, 0) is 42.5 Å². The molecule has 2 aromatic rings. The number of hydrogen-bond donors (Lipinski definition) is 0. The monoisotopic (exact) mass is 296 g/mol. The van der Waals surface area contributed by atoms with Crippen LogP contribution < -0.4 is 0 Å². The highest BCUT2D eigenvalue weighted by Crippen LogP contribution is 2.27. The molecule has 0 nitrogen and oxygen atoms in total. The Morgan fingerprint density at radius 3 is 2.47 bits per heavy atom. The van der Waals surface area contributed by atoms with E-state index in [0.29, 0.717) is 5.02 Å².